The largest absolute Gasteiger partial charge is 0.389 e. The van der Waals surface area contributed by atoms with Gasteiger partial charge >= 0.3 is 0 Å². The fourth-order valence-electron chi connectivity index (χ4n) is 2.82. The maximum absolute atomic E-state index is 11.2. The first-order valence-corrected chi connectivity index (χ1v) is 6.43. The van der Waals surface area contributed by atoms with Crippen molar-refractivity contribution >= 4 is 12.4 Å². The van der Waals surface area contributed by atoms with Gasteiger partial charge in [0, 0.05) is 19.1 Å². The van der Waals surface area contributed by atoms with Crippen LogP contribution in [0.25, 0.3) is 6.08 Å². The monoisotopic (exact) mass is 260 g/mol. The Balaban J connectivity index is 2.74. The average Bonchev–Trinajstić information content (AvgIpc) is 2.63. The second-order valence-electron chi connectivity index (χ2n) is 5.47. The minimum absolute atomic E-state index is 0.457. The first kappa shape index (κ1) is 14.0. The van der Waals surface area contributed by atoms with E-state index in [1.807, 2.05) is 32.9 Å². The van der Waals surface area contributed by atoms with Crippen molar-refractivity contribution in [1.29, 1.82) is 0 Å². The molecule has 0 amide bonds. The van der Waals surface area contributed by atoms with Crippen LogP contribution in [0.5, 0.6) is 0 Å². The quantitative estimate of drug-likeness (QED) is 0.850. The van der Waals surface area contributed by atoms with E-state index in [1.165, 1.54) is 5.57 Å². The summed E-state index contributed by atoms with van der Waals surface area (Å²) in [6, 6.07) is 3.74. The number of carbonyl (C=O) groups excluding carboxylic acids is 1. The molecular formula is C16H20O3. The number of rotatable bonds is 3. The summed E-state index contributed by atoms with van der Waals surface area (Å²) in [6.07, 6.45) is 2.73. The molecule has 0 bridgehead atoms. The van der Waals surface area contributed by atoms with Crippen molar-refractivity contribution < 1.29 is 14.6 Å². The van der Waals surface area contributed by atoms with Crippen molar-refractivity contribution in [1.82, 2.24) is 0 Å². The van der Waals surface area contributed by atoms with Gasteiger partial charge in [-0.1, -0.05) is 23.8 Å². The third kappa shape index (κ3) is 2.13. The van der Waals surface area contributed by atoms with Crippen LogP contribution in [-0.2, 0) is 16.8 Å². The first-order chi connectivity index (χ1) is 8.93. The van der Waals surface area contributed by atoms with Crippen molar-refractivity contribution in [2.24, 2.45) is 0 Å². The van der Waals surface area contributed by atoms with Crippen LogP contribution >= 0.6 is 0 Å². The Bertz CT molecular complexity index is 541. The van der Waals surface area contributed by atoms with Crippen LogP contribution in [0.1, 0.15) is 47.8 Å². The molecule has 19 heavy (non-hydrogen) atoms. The molecular weight excluding hydrogens is 240 g/mol. The van der Waals surface area contributed by atoms with E-state index in [4.69, 9.17) is 4.74 Å². The van der Waals surface area contributed by atoms with E-state index in [-0.39, 0.29) is 0 Å². The SMILES string of the molecule is COC1(C)c2c(C=C(C)C)ccc(C=O)c2CC1O. The highest BCUT2D eigenvalue weighted by atomic mass is 16.5. The summed E-state index contributed by atoms with van der Waals surface area (Å²) in [4.78, 5) is 11.2. The van der Waals surface area contributed by atoms with Gasteiger partial charge in [-0.15, -0.1) is 0 Å². The lowest BCUT2D eigenvalue weighted by atomic mass is 9.89. The molecule has 0 aromatic heterocycles. The summed E-state index contributed by atoms with van der Waals surface area (Å²) < 4.78 is 5.56. The molecule has 0 spiro atoms. The van der Waals surface area contributed by atoms with E-state index in [0.29, 0.717) is 12.0 Å². The molecule has 0 saturated carbocycles. The number of fused-ring (bicyclic) bond motifs is 1. The predicted octanol–water partition coefficient (Wildman–Crippen LogP) is 2.70. The molecule has 102 valence electrons. The molecule has 1 aromatic rings. The average molecular weight is 260 g/mol. The van der Waals surface area contributed by atoms with Crippen molar-refractivity contribution in [3.8, 4) is 0 Å². The van der Waals surface area contributed by atoms with Gasteiger partial charge in [0.1, 0.15) is 11.9 Å². The van der Waals surface area contributed by atoms with Gasteiger partial charge in [-0.05, 0) is 37.5 Å². The molecule has 2 rings (SSSR count). The molecule has 1 N–H and O–H groups in total. The minimum atomic E-state index is -0.754. The lowest BCUT2D eigenvalue weighted by molar-refractivity contribution is -0.0838. The highest BCUT2D eigenvalue weighted by molar-refractivity contribution is 5.81. The Labute approximate surface area is 113 Å². The van der Waals surface area contributed by atoms with Gasteiger partial charge < -0.3 is 9.84 Å². The number of aldehydes is 1. The number of aliphatic hydroxyl groups is 1. The number of hydrogen-bond donors (Lipinski definition) is 1. The molecule has 2 unspecified atom stereocenters. The third-order valence-corrected chi connectivity index (χ3v) is 3.91. The van der Waals surface area contributed by atoms with Crippen LogP contribution in [0.15, 0.2) is 17.7 Å². The second kappa shape index (κ2) is 4.91. The lowest BCUT2D eigenvalue weighted by Crippen LogP contribution is -2.35. The number of allylic oxidation sites excluding steroid dienone is 1. The fourth-order valence-corrected chi connectivity index (χ4v) is 2.82. The van der Waals surface area contributed by atoms with Crippen molar-refractivity contribution in [2.45, 2.75) is 38.9 Å². The molecule has 3 heteroatoms. The Hall–Kier alpha value is -1.45. The number of benzene rings is 1. The van der Waals surface area contributed by atoms with Crippen LogP contribution in [0, 0.1) is 0 Å². The van der Waals surface area contributed by atoms with Gasteiger partial charge in [-0.2, -0.15) is 0 Å². The summed E-state index contributed by atoms with van der Waals surface area (Å²) in [5.41, 5.74) is 3.91. The number of hydrogen-bond acceptors (Lipinski definition) is 3. The van der Waals surface area contributed by atoms with Gasteiger partial charge in [0.25, 0.3) is 0 Å². The lowest BCUT2D eigenvalue weighted by Gasteiger charge is -2.29. The van der Waals surface area contributed by atoms with Crippen molar-refractivity contribution in [3.63, 3.8) is 0 Å². The van der Waals surface area contributed by atoms with Crippen LogP contribution in [-0.4, -0.2) is 24.6 Å². The van der Waals surface area contributed by atoms with Gasteiger partial charge in [0.15, 0.2) is 0 Å². The Morgan fingerprint density at radius 1 is 1.42 bits per heavy atom. The van der Waals surface area contributed by atoms with Gasteiger partial charge in [-0.25, -0.2) is 0 Å². The molecule has 1 aromatic carbocycles. The number of ether oxygens (including phenoxy) is 1. The normalized spacial score (nSPS) is 25.0. The number of aliphatic hydroxyl groups excluding tert-OH is 1. The molecule has 0 radical (unpaired) electrons. The summed E-state index contributed by atoms with van der Waals surface area (Å²) in [7, 11) is 1.60. The standard InChI is InChI=1S/C16H20O3/c1-10(2)7-11-5-6-12(9-17)13-8-14(18)16(3,19-4)15(11)13/h5-7,9,14,18H,8H2,1-4H3. The first-order valence-electron chi connectivity index (χ1n) is 6.43. The molecule has 3 nitrogen and oxygen atoms in total. The van der Waals surface area contributed by atoms with Crippen molar-refractivity contribution in [2.75, 3.05) is 7.11 Å². The Kier molecular flexibility index (Phi) is 3.61. The molecule has 2 atom stereocenters. The molecule has 0 saturated heterocycles. The topological polar surface area (TPSA) is 46.5 Å². The van der Waals surface area contributed by atoms with Crippen LogP contribution in [0.4, 0.5) is 0 Å². The summed E-state index contributed by atoms with van der Waals surface area (Å²) in [6.45, 7) is 5.92. The third-order valence-electron chi connectivity index (χ3n) is 3.91. The second-order valence-corrected chi connectivity index (χ2v) is 5.47. The van der Waals surface area contributed by atoms with Gasteiger partial charge in [0.2, 0.25) is 0 Å². The zero-order chi connectivity index (χ0) is 14.2. The number of carbonyl (C=O) groups is 1. The molecule has 0 fully saturated rings. The van der Waals surface area contributed by atoms with E-state index < -0.39 is 11.7 Å². The zero-order valence-corrected chi connectivity index (χ0v) is 11.9. The predicted molar refractivity (Wildman–Crippen MR) is 75.2 cm³/mol. The van der Waals surface area contributed by atoms with E-state index in [2.05, 4.69) is 6.08 Å². The van der Waals surface area contributed by atoms with E-state index in [9.17, 15) is 9.90 Å². The highest BCUT2D eigenvalue weighted by Gasteiger charge is 2.45. The van der Waals surface area contributed by atoms with Crippen LogP contribution < -0.4 is 0 Å². The molecule has 1 aliphatic rings. The van der Waals surface area contributed by atoms with E-state index in [1.54, 1.807) is 7.11 Å². The van der Waals surface area contributed by atoms with E-state index in [0.717, 1.165) is 23.0 Å². The molecule has 0 heterocycles. The summed E-state index contributed by atoms with van der Waals surface area (Å²) in [5.74, 6) is 0. The molecule has 1 aliphatic carbocycles. The maximum atomic E-state index is 11.2. The minimum Gasteiger partial charge on any atom is -0.389 e. The van der Waals surface area contributed by atoms with Gasteiger partial charge in [-0.3, -0.25) is 4.79 Å². The number of methoxy groups -OCH3 is 1. The summed E-state index contributed by atoms with van der Waals surface area (Å²) >= 11 is 0. The highest BCUT2D eigenvalue weighted by Crippen LogP contribution is 2.43. The Morgan fingerprint density at radius 2 is 2.05 bits per heavy atom. The van der Waals surface area contributed by atoms with E-state index >= 15 is 0 Å². The Morgan fingerprint density at radius 3 is 2.58 bits per heavy atom. The molecule has 0 aliphatic heterocycles. The fraction of sp³-hybridized carbons (Fsp3) is 0.438. The van der Waals surface area contributed by atoms with Crippen LogP contribution in [0.3, 0.4) is 0 Å². The van der Waals surface area contributed by atoms with Gasteiger partial charge in [0.05, 0.1) is 6.10 Å². The summed E-state index contributed by atoms with van der Waals surface area (Å²) in [5, 5.41) is 10.3. The smallest absolute Gasteiger partial charge is 0.150 e. The maximum Gasteiger partial charge on any atom is 0.150 e. The van der Waals surface area contributed by atoms with Crippen LogP contribution in [0.2, 0.25) is 0 Å². The van der Waals surface area contributed by atoms with Crippen molar-refractivity contribution in [3.05, 3.63) is 40.0 Å². The zero-order valence-electron chi connectivity index (χ0n) is 11.9.